The van der Waals surface area contributed by atoms with Crippen LogP contribution in [0.1, 0.15) is 18.4 Å². The average Bonchev–Trinajstić information content (AvgIpc) is 2.76. The summed E-state index contributed by atoms with van der Waals surface area (Å²) in [6.45, 7) is 1.88. The second-order valence-corrected chi connectivity index (χ2v) is 5.74. The van der Waals surface area contributed by atoms with Crippen molar-refractivity contribution in [2.24, 2.45) is 9.98 Å². The molecule has 1 heterocycles. The number of rotatable bonds is 3. The number of carbonyl (C=O) groups excluding carboxylic acids is 1. The van der Waals surface area contributed by atoms with Crippen LogP contribution in [0.15, 0.2) is 76.7 Å². The molecule has 2 N–H and O–H groups in total. The van der Waals surface area contributed by atoms with Crippen molar-refractivity contribution in [3.8, 4) is 0 Å². The monoisotopic (exact) mass is 347 g/mol. The van der Waals surface area contributed by atoms with Crippen LogP contribution in [0.3, 0.4) is 0 Å². The third kappa shape index (κ3) is 3.92. The lowest BCUT2D eigenvalue weighted by molar-refractivity contribution is -0.131. The maximum Gasteiger partial charge on any atom is 0.328 e. The van der Waals surface area contributed by atoms with Crippen LogP contribution in [-0.2, 0) is 9.59 Å². The molecular weight excluding hydrogens is 330 g/mol. The van der Waals surface area contributed by atoms with Gasteiger partial charge in [-0.25, -0.2) is 9.79 Å². The van der Waals surface area contributed by atoms with Crippen LogP contribution in [0, 0.1) is 0 Å². The number of amides is 1. The Morgan fingerprint density at radius 2 is 1.58 bits per heavy atom. The van der Waals surface area contributed by atoms with Gasteiger partial charge < -0.3 is 10.4 Å². The number of para-hydroxylation sites is 2. The van der Waals surface area contributed by atoms with Crippen LogP contribution in [0.5, 0.6) is 0 Å². The van der Waals surface area contributed by atoms with Gasteiger partial charge >= 0.3 is 5.97 Å². The van der Waals surface area contributed by atoms with Crippen molar-refractivity contribution in [1.82, 2.24) is 5.32 Å². The average molecular weight is 347 g/mol. The molecule has 1 aliphatic heterocycles. The molecule has 1 aliphatic rings. The predicted octanol–water partition coefficient (Wildman–Crippen LogP) is 3.36. The number of aliphatic imine (C=N–C) groups is 2. The van der Waals surface area contributed by atoms with Gasteiger partial charge in [0.25, 0.3) is 0 Å². The molecule has 1 amide bonds. The van der Waals surface area contributed by atoms with Gasteiger partial charge in [-0.05, 0) is 24.6 Å². The topological polar surface area (TPSA) is 91.1 Å². The number of hydrogen-bond acceptors (Lipinski definition) is 4. The molecule has 0 bridgehead atoms. The molecule has 6 heteroatoms. The maximum atomic E-state index is 12.1. The van der Waals surface area contributed by atoms with E-state index in [1.807, 2.05) is 61.5 Å². The van der Waals surface area contributed by atoms with Crippen LogP contribution in [0.2, 0.25) is 0 Å². The largest absolute Gasteiger partial charge is 0.478 e. The van der Waals surface area contributed by atoms with Crippen LogP contribution in [0.4, 0.5) is 11.4 Å². The number of carboxylic acid groups (broad SMARTS) is 1. The molecule has 0 unspecified atom stereocenters. The van der Waals surface area contributed by atoms with Crippen molar-refractivity contribution in [2.45, 2.75) is 12.8 Å². The van der Waals surface area contributed by atoms with Gasteiger partial charge in [0.1, 0.15) is 5.84 Å². The van der Waals surface area contributed by atoms with E-state index >= 15 is 0 Å². The minimum absolute atomic E-state index is 0.342. The first-order chi connectivity index (χ1) is 12.5. The first-order valence-corrected chi connectivity index (χ1v) is 8.04. The molecule has 3 rings (SSSR count). The summed E-state index contributed by atoms with van der Waals surface area (Å²) in [5.74, 6) is -1.68. The molecular formula is C20H17N3O3. The fourth-order valence-corrected chi connectivity index (χ4v) is 2.76. The Labute approximate surface area is 150 Å². The van der Waals surface area contributed by atoms with E-state index in [1.54, 1.807) is 0 Å². The normalized spacial score (nSPS) is 16.3. The second kappa shape index (κ2) is 7.57. The summed E-state index contributed by atoms with van der Waals surface area (Å²) in [7, 11) is 0. The van der Waals surface area contributed by atoms with E-state index in [1.165, 1.54) is 0 Å². The molecule has 130 valence electrons. The van der Waals surface area contributed by atoms with Gasteiger partial charge in [-0.2, -0.15) is 0 Å². The number of carboxylic acids is 1. The number of fused-ring (bicyclic) bond motifs is 1. The van der Waals surface area contributed by atoms with Crippen LogP contribution >= 0.6 is 0 Å². The molecule has 6 nitrogen and oxygen atoms in total. The van der Waals surface area contributed by atoms with Gasteiger partial charge in [-0.3, -0.25) is 9.79 Å². The van der Waals surface area contributed by atoms with Gasteiger partial charge in [-0.1, -0.05) is 42.5 Å². The Balaban J connectivity index is 2.06. The Hall–Kier alpha value is -3.54. The second-order valence-electron chi connectivity index (χ2n) is 5.74. The zero-order chi connectivity index (χ0) is 18.5. The third-order valence-electron chi connectivity index (χ3n) is 3.87. The minimum atomic E-state index is -1.19. The molecule has 0 spiro atoms. The zero-order valence-corrected chi connectivity index (χ0v) is 14.1. The molecule has 26 heavy (non-hydrogen) atoms. The van der Waals surface area contributed by atoms with Crippen LogP contribution in [-0.4, -0.2) is 28.5 Å². The first kappa shape index (κ1) is 17.3. The summed E-state index contributed by atoms with van der Waals surface area (Å²) in [5, 5.41) is 11.4. The summed E-state index contributed by atoms with van der Waals surface area (Å²) in [5.41, 5.74) is 3.07. The van der Waals surface area contributed by atoms with Gasteiger partial charge in [0.05, 0.1) is 17.3 Å². The minimum Gasteiger partial charge on any atom is -0.478 e. The number of amidine groups is 1. The lowest BCUT2D eigenvalue weighted by Gasteiger charge is -2.18. The Bertz CT molecular complexity index is 930. The maximum absolute atomic E-state index is 12.1. The van der Waals surface area contributed by atoms with Gasteiger partial charge in [0, 0.05) is 17.9 Å². The third-order valence-corrected chi connectivity index (χ3v) is 3.87. The van der Waals surface area contributed by atoms with Crippen LogP contribution in [0.25, 0.3) is 0 Å². The van der Waals surface area contributed by atoms with Gasteiger partial charge in [0.2, 0.25) is 5.91 Å². The number of nitrogens with zero attached hydrogens (tertiary/aromatic N) is 2. The predicted molar refractivity (Wildman–Crippen MR) is 100 cm³/mol. The van der Waals surface area contributed by atoms with E-state index in [-0.39, 0.29) is 5.92 Å². The summed E-state index contributed by atoms with van der Waals surface area (Å²) in [4.78, 5) is 32.0. The fraction of sp³-hybridized carbons (Fsp3) is 0.100. The van der Waals surface area contributed by atoms with E-state index in [0.29, 0.717) is 11.5 Å². The standard InChI is InChI=1S/C20H17N3O3/c1-13-19(14-7-3-2-4-8-14)20(23-17(24)11-12-18(25)26)22-16-10-6-5-9-15(16)21-13/h2-12,19H,1H3,(H,25,26)(H,22,23,24)/b12-11+/t19-/m1/s1. The van der Waals surface area contributed by atoms with E-state index in [9.17, 15) is 9.59 Å². The molecule has 1 atom stereocenters. The van der Waals surface area contributed by atoms with E-state index in [2.05, 4.69) is 15.3 Å². The number of aliphatic carboxylic acids is 1. The summed E-state index contributed by atoms with van der Waals surface area (Å²) in [6, 6.07) is 17.0. The Morgan fingerprint density at radius 3 is 2.23 bits per heavy atom. The Kier molecular flexibility index (Phi) is 5.03. The zero-order valence-electron chi connectivity index (χ0n) is 14.1. The lowest BCUT2D eigenvalue weighted by Crippen LogP contribution is -2.36. The Morgan fingerprint density at radius 1 is 0.962 bits per heavy atom. The van der Waals surface area contributed by atoms with Gasteiger partial charge in [0.15, 0.2) is 0 Å². The lowest BCUT2D eigenvalue weighted by atomic mass is 9.93. The molecule has 0 fully saturated rings. The van der Waals surface area contributed by atoms with Crippen molar-refractivity contribution in [2.75, 3.05) is 0 Å². The van der Waals surface area contributed by atoms with Crippen molar-refractivity contribution >= 4 is 34.8 Å². The molecule has 0 radical (unpaired) electrons. The molecule has 2 aromatic rings. The molecule has 0 saturated heterocycles. The summed E-state index contributed by atoms with van der Waals surface area (Å²) < 4.78 is 0. The quantitative estimate of drug-likeness (QED) is 0.834. The molecule has 2 aromatic carbocycles. The van der Waals surface area contributed by atoms with Crippen molar-refractivity contribution in [3.05, 3.63) is 72.3 Å². The smallest absolute Gasteiger partial charge is 0.328 e. The fourth-order valence-electron chi connectivity index (χ4n) is 2.76. The van der Waals surface area contributed by atoms with E-state index < -0.39 is 11.9 Å². The van der Waals surface area contributed by atoms with E-state index in [0.717, 1.165) is 29.1 Å². The summed E-state index contributed by atoms with van der Waals surface area (Å²) >= 11 is 0. The molecule has 0 saturated carbocycles. The first-order valence-electron chi connectivity index (χ1n) is 8.04. The van der Waals surface area contributed by atoms with E-state index in [4.69, 9.17) is 5.11 Å². The number of nitrogens with one attached hydrogen (secondary N) is 1. The van der Waals surface area contributed by atoms with Gasteiger partial charge in [-0.15, -0.1) is 0 Å². The SMILES string of the molecule is CC1=Nc2ccccc2N=C(NC(=O)/C=C/C(=O)O)[C@H]1c1ccccc1. The highest BCUT2D eigenvalue weighted by atomic mass is 16.4. The number of hydrogen-bond donors (Lipinski definition) is 2. The van der Waals surface area contributed by atoms with Crippen molar-refractivity contribution in [3.63, 3.8) is 0 Å². The van der Waals surface area contributed by atoms with Crippen molar-refractivity contribution < 1.29 is 14.7 Å². The molecule has 0 aliphatic carbocycles. The van der Waals surface area contributed by atoms with Crippen molar-refractivity contribution in [1.29, 1.82) is 0 Å². The highest BCUT2D eigenvalue weighted by Gasteiger charge is 2.25. The number of carbonyl (C=O) groups is 2. The number of benzene rings is 2. The summed E-state index contributed by atoms with van der Waals surface area (Å²) in [6.07, 6.45) is 1.76. The highest BCUT2D eigenvalue weighted by Crippen LogP contribution is 2.34. The highest BCUT2D eigenvalue weighted by molar-refractivity contribution is 6.18. The van der Waals surface area contributed by atoms with Crippen LogP contribution < -0.4 is 5.32 Å². The molecule has 0 aromatic heterocycles.